The Kier molecular flexibility index (Phi) is 2.77. The van der Waals surface area contributed by atoms with Crippen molar-refractivity contribution in [2.45, 2.75) is 26.0 Å². The second kappa shape index (κ2) is 4.22. The zero-order valence-electron chi connectivity index (χ0n) is 8.46. The van der Waals surface area contributed by atoms with Crippen LogP contribution < -0.4 is 0 Å². The average Bonchev–Trinajstić information content (AvgIpc) is 2.87. The van der Waals surface area contributed by atoms with Crippen LogP contribution in [0.1, 0.15) is 24.7 Å². The van der Waals surface area contributed by atoms with E-state index in [1.165, 1.54) is 6.33 Å². The molecule has 2 rings (SSSR count). The number of H-pyrrole nitrogens is 1. The van der Waals surface area contributed by atoms with Crippen LogP contribution in [-0.4, -0.2) is 29.8 Å². The Hall–Kier alpha value is -1.69. The molecule has 2 aromatic heterocycles. The van der Waals surface area contributed by atoms with E-state index in [1.54, 1.807) is 17.1 Å². The van der Waals surface area contributed by atoms with Crippen molar-refractivity contribution in [3.63, 3.8) is 0 Å². The SMILES string of the molecule is CCn1ncnc1CC(O)c1ncc[nH]1. The van der Waals surface area contributed by atoms with Crippen LogP contribution in [0.15, 0.2) is 18.7 Å². The van der Waals surface area contributed by atoms with Gasteiger partial charge in [-0.25, -0.2) is 9.97 Å². The molecule has 2 heterocycles. The maximum atomic E-state index is 9.83. The predicted molar refractivity (Wildman–Crippen MR) is 52.9 cm³/mol. The van der Waals surface area contributed by atoms with Crippen molar-refractivity contribution in [3.8, 4) is 0 Å². The van der Waals surface area contributed by atoms with Crippen molar-refractivity contribution in [2.75, 3.05) is 0 Å². The number of imidazole rings is 1. The van der Waals surface area contributed by atoms with Crippen LogP contribution in [0, 0.1) is 0 Å². The fourth-order valence-corrected chi connectivity index (χ4v) is 1.44. The molecule has 15 heavy (non-hydrogen) atoms. The molecule has 0 spiro atoms. The lowest BCUT2D eigenvalue weighted by Crippen LogP contribution is -2.10. The summed E-state index contributed by atoms with van der Waals surface area (Å²) >= 11 is 0. The van der Waals surface area contributed by atoms with E-state index in [9.17, 15) is 5.11 Å². The van der Waals surface area contributed by atoms with E-state index in [0.29, 0.717) is 12.2 Å². The van der Waals surface area contributed by atoms with Crippen LogP contribution in [0.5, 0.6) is 0 Å². The lowest BCUT2D eigenvalue weighted by atomic mass is 10.2. The van der Waals surface area contributed by atoms with Crippen molar-refractivity contribution < 1.29 is 5.11 Å². The second-order valence-electron chi connectivity index (χ2n) is 3.19. The number of nitrogens with one attached hydrogen (secondary N) is 1. The maximum Gasteiger partial charge on any atom is 0.138 e. The standard InChI is InChI=1S/C9H13N5O/c1-2-14-8(12-6-13-14)5-7(15)9-10-3-4-11-9/h3-4,6-7,15H,2,5H2,1H3,(H,10,11). The van der Waals surface area contributed by atoms with Gasteiger partial charge in [-0.05, 0) is 6.92 Å². The molecule has 0 aliphatic carbocycles. The summed E-state index contributed by atoms with van der Waals surface area (Å²) in [6.07, 6.45) is 4.55. The van der Waals surface area contributed by atoms with Gasteiger partial charge in [0, 0.05) is 25.4 Å². The third-order valence-corrected chi connectivity index (χ3v) is 2.21. The van der Waals surface area contributed by atoms with Gasteiger partial charge < -0.3 is 10.1 Å². The molecule has 0 aromatic carbocycles. The van der Waals surface area contributed by atoms with E-state index in [1.807, 2.05) is 6.92 Å². The number of rotatable bonds is 4. The number of hydrogen-bond acceptors (Lipinski definition) is 4. The zero-order chi connectivity index (χ0) is 10.7. The minimum Gasteiger partial charge on any atom is -0.385 e. The van der Waals surface area contributed by atoms with Gasteiger partial charge in [0.05, 0.1) is 0 Å². The van der Waals surface area contributed by atoms with Gasteiger partial charge in [0.1, 0.15) is 24.1 Å². The summed E-state index contributed by atoms with van der Waals surface area (Å²) in [5.41, 5.74) is 0. The van der Waals surface area contributed by atoms with Gasteiger partial charge in [-0.1, -0.05) is 0 Å². The van der Waals surface area contributed by atoms with Crippen molar-refractivity contribution in [2.24, 2.45) is 0 Å². The summed E-state index contributed by atoms with van der Waals surface area (Å²) in [4.78, 5) is 10.9. The van der Waals surface area contributed by atoms with Crippen LogP contribution in [0.2, 0.25) is 0 Å². The highest BCUT2D eigenvalue weighted by Crippen LogP contribution is 2.12. The van der Waals surface area contributed by atoms with Crippen molar-refractivity contribution >= 4 is 0 Å². The first-order chi connectivity index (χ1) is 7.31. The van der Waals surface area contributed by atoms with Gasteiger partial charge in [-0.15, -0.1) is 0 Å². The zero-order valence-corrected chi connectivity index (χ0v) is 8.46. The third kappa shape index (κ3) is 2.04. The Morgan fingerprint density at radius 1 is 1.53 bits per heavy atom. The monoisotopic (exact) mass is 207 g/mol. The topological polar surface area (TPSA) is 79.6 Å². The lowest BCUT2D eigenvalue weighted by molar-refractivity contribution is 0.165. The number of aromatic amines is 1. The fourth-order valence-electron chi connectivity index (χ4n) is 1.44. The minimum absolute atomic E-state index is 0.418. The number of aromatic nitrogens is 5. The first-order valence-electron chi connectivity index (χ1n) is 4.85. The number of hydrogen-bond donors (Lipinski definition) is 2. The van der Waals surface area contributed by atoms with Crippen LogP contribution in [0.4, 0.5) is 0 Å². The first-order valence-corrected chi connectivity index (χ1v) is 4.85. The van der Waals surface area contributed by atoms with E-state index < -0.39 is 6.10 Å². The Labute approximate surface area is 87.0 Å². The Morgan fingerprint density at radius 3 is 3.07 bits per heavy atom. The van der Waals surface area contributed by atoms with Gasteiger partial charge in [0.25, 0.3) is 0 Å². The highest BCUT2D eigenvalue weighted by atomic mass is 16.3. The van der Waals surface area contributed by atoms with Gasteiger partial charge in [-0.3, -0.25) is 4.68 Å². The highest BCUT2D eigenvalue weighted by molar-refractivity contribution is 4.97. The van der Waals surface area contributed by atoms with Crippen LogP contribution in [-0.2, 0) is 13.0 Å². The molecule has 6 nitrogen and oxygen atoms in total. The smallest absolute Gasteiger partial charge is 0.138 e. The molecule has 0 amide bonds. The first kappa shape index (κ1) is 9.85. The van der Waals surface area contributed by atoms with Gasteiger partial charge >= 0.3 is 0 Å². The number of aryl methyl sites for hydroxylation is 1. The minimum atomic E-state index is -0.658. The molecule has 0 aliphatic heterocycles. The van der Waals surface area contributed by atoms with Crippen molar-refractivity contribution in [3.05, 3.63) is 30.4 Å². The molecule has 0 fully saturated rings. The predicted octanol–water partition coefficient (Wildman–Crippen LogP) is 0.297. The number of aliphatic hydroxyl groups excluding tert-OH is 1. The largest absolute Gasteiger partial charge is 0.385 e. The lowest BCUT2D eigenvalue weighted by Gasteiger charge is -2.07. The van der Waals surface area contributed by atoms with E-state index >= 15 is 0 Å². The normalized spacial score (nSPS) is 12.9. The molecule has 6 heteroatoms. The number of nitrogens with zero attached hydrogens (tertiary/aromatic N) is 4. The van der Waals surface area contributed by atoms with Crippen molar-refractivity contribution in [1.29, 1.82) is 0 Å². The Morgan fingerprint density at radius 2 is 2.40 bits per heavy atom. The summed E-state index contributed by atoms with van der Waals surface area (Å²) in [6.45, 7) is 2.73. The molecule has 1 unspecified atom stereocenters. The molecule has 2 N–H and O–H groups in total. The molecule has 80 valence electrons. The van der Waals surface area contributed by atoms with E-state index in [2.05, 4.69) is 20.1 Å². The second-order valence-corrected chi connectivity index (χ2v) is 3.19. The van der Waals surface area contributed by atoms with Crippen LogP contribution in [0.3, 0.4) is 0 Å². The molecule has 1 atom stereocenters. The maximum absolute atomic E-state index is 9.83. The fraction of sp³-hybridized carbons (Fsp3) is 0.444. The quantitative estimate of drug-likeness (QED) is 0.755. The number of aliphatic hydroxyl groups is 1. The van der Waals surface area contributed by atoms with Gasteiger partial charge in [-0.2, -0.15) is 5.10 Å². The van der Waals surface area contributed by atoms with Gasteiger partial charge in [0.2, 0.25) is 0 Å². The van der Waals surface area contributed by atoms with Gasteiger partial charge in [0.15, 0.2) is 0 Å². The molecule has 0 radical (unpaired) electrons. The Bertz CT molecular complexity index is 408. The summed E-state index contributed by atoms with van der Waals surface area (Å²) in [6, 6.07) is 0. The molecule has 0 saturated heterocycles. The summed E-state index contributed by atoms with van der Waals surface area (Å²) in [5, 5.41) is 13.9. The molecular formula is C9H13N5O. The molecule has 2 aromatic rings. The van der Waals surface area contributed by atoms with Crippen LogP contribution in [0.25, 0.3) is 0 Å². The van der Waals surface area contributed by atoms with E-state index in [0.717, 1.165) is 12.4 Å². The summed E-state index contributed by atoms with van der Waals surface area (Å²) in [5.74, 6) is 1.32. The third-order valence-electron chi connectivity index (χ3n) is 2.21. The molecule has 0 saturated carbocycles. The van der Waals surface area contributed by atoms with Crippen LogP contribution >= 0.6 is 0 Å². The van der Waals surface area contributed by atoms with E-state index in [4.69, 9.17) is 0 Å². The summed E-state index contributed by atoms with van der Waals surface area (Å²) < 4.78 is 1.76. The average molecular weight is 207 g/mol. The van der Waals surface area contributed by atoms with E-state index in [-0.39, 0.29) is 0 Å². The molecular weight excluding hydrogens is 194 g/mol. The molecule has 0 bridgehead atoms. The molecule has 0 aliphatic rings. The van der Waals surface area contributed by atoms with Crippen molar-refractivity contribution in [1.82, 2.24) is 24.7 Å². The Balaban J connectivity index is 2.09. The summed E-state index contributed by atoms with van der Waals surface area (Å²) in [7, 11) is 0. The highest BCUT2D eigenvalue weighted by Gasteiger charge is 2.14.